The fraction of sp³-hybridized carbons (Fsp3) is 0.929. The maximum Gasteiger partial charge on any atom is 0.326 e. The van der Waals surface area contributed by atoms with E-state index < -0.39 is 5.54 Å². The van der Waals surface area contributed by atoms with Crippen LogP contribution in [0.2, 0.25) is 0 Å². The molecule has 0 amide bonds. The molecule has 0 aliphatic carbocycles. The van der Waals surface area contributed by atoms with Gasteiger partial charge in [0.05, 0.1) is 12.2 Å². The first kappa shape index (κ1) is 18.4. The lowest BCUT2D eigenvalue weighted by Crippen LogP contribution is -2.55. The Kier molecular flexibility index (Phi) is 7.55. The Bertz CT molecular complexity index is 280. The van der Waals surface area contributed by atoms with Crippen LogP contribution in [-0.4, -0.2) is 62.9 Å². The van der Waals surface area contributed by atoms with Gasteiger partial charge in [-0.3, -0.25) is 4.79 Å². The average Bonchev–Trinajstić information content (AvgIpc) is 2.28. The summed E-state index contributed by atoms with van der Waals surface area (Å²) in [4.78, 5) is 14.2. The number of nitrogens with zero attached hydrogens (tertiary/aromatic N) is 1. The van der Waals surface area contributed by atoms with Crippen LogP contribution in [0.15, 0.2) is 0 Å². The molecule has 1 unspecified atom stereocenters. The fourth-order valence-electron chi connectivity index (χ4n) is 1.98. The van der Waals surface area contributed by atoms with Crippen LogP contribution in [0.1, 0.15) is 34.1 Å². The zero-order valence-corrected chi connectivity index (χ0v) is 13.5. The van der Waals surface area contributed by atoms with Crippen LogP contribution in [0.3, 0.4) is 0 Å². The third-order valence-electron chi connectivity index (χ3n) is 3.13. The van der Waals surface area contributed by atoms with Gasteiger partial charge in [-0.1, -0.05) is 0 Å². The van der Waals surface area contributed by atoms with E-state index in [1.807, 2.05) is 41.8 Å². The second-order valence-electron chi connectivity index (χ2n) is 5.92. The molecule has 1 atom stereocenters. The fourth-order valence-corrected chi connectivity index (χ4v) is 1.98. The number of likely N-dealkylation sites (N-methyl/N-ethyl adjacent to an activating group) is 1. The van der Waals surface area contributed by atoms with E-state index in [1.165, 1.54) is 0 Å². The zero-order valence-electron chi connectivity index (χ0n) is 13.5. The number of carbonyl (C=O) groups excluding carboxylic acids is 1. The average molecular weight is 274 g/mol. The molecule has 114 valence electrons. The van der Waals surface area contributed by atoms with E-state index in [1.54, 1.807) is 7.11 Å². The van der Waals surface area contributed by atoms with E-state index in [-0.39, 0.29) is 11.6 Å². The summed E-state index contributed by atoms with van der Waals surface area (Å²) >= 11 is 0. The molecule has 0 spiro atoms. The van der Waals surface area contributed by atoms with E-state index >= 15 is 0 Å². The molecule has 0 rings (SSSR count). The van der Waals surface area contributed by atoms with E-state index in [9.17, 15) is 4.79 Å². The van der Waals surface area contributed by atoms with Crippen molar-refractivity contribution in [1.82, 2.24) is 10.2 Å². The quantitative estimate of drug-likeness (QED) is 0.642. The number of rotatable bonds is 9. The number of carbonyl (C=O) groups is 1. The van der Waals surface area contributed by atoms with Crippen molar-refractivity contribution >= 4 is 5.97 Å². The lowest BCUT2D eigenvalue weighted by molar-refractivity contribution is -0.153. The summed E-state index contributed by atoms with van der Waals surface area (Å²) in [7, 11) is 5.66. The summed E-state index contributed by atoms with van der Waals surface area (Å²) in [5.41, 5.74) is -1.11. The van der Waals surface area contributed by atoms with Crippen molar-refractivity contribution in [2.24, 2.45) is 0 Å². The molecule has 5 nitrogen and oxygen atoms in total. The van der Waals surface area contributed by atoms with Crippen molar-refractivity contribution in [3.05, 3.63) is 0 Å². The molecule has 0 aliphatic rings. The molecule has 0 saturated heterocycles. The number of methoxy groups -OCH3 is 1. The van der Waals surface area contributed by atoms with Gasteiger partial charge < -0.3 is 19.7 Å². The Balaban J connectivity index is 4.76. The molecule has 0 saturated carbocycles. The Morgan fingerprint density at radius 2 is 1.84 bits per heavy atom. The second kappa shape index (κ2) is 7.82. The normalized spacial score (nSPS) is 15.4. The van der Waals surface area contributed by atoms with Gasteiger partial charge in [-0.25, -0.2) is 0 Å². The van der Waals surface area contributed by atoms with Crippen LogP contribution in [0.25, 0.3) is 0 Å². The first-order chi connectivity index (χ1) is 8.67. The van der Waals surface area contributed by atoms with E-state index in [0.717, 1.165) is 13.1 Å². The van der Waals surface area contributed by atoms with Crippen LogP contribution >= 0.6 is 0 Å². The minimum Gasteiger partial charge on any atom is -0.465 e. The van der Waals surface area contributed by atoms with Crippen LogP contribution in [0, 0.1) is 0 Å². The lowest BCUT2D eigenvalue weighted by atomic mass is 9.87. The monoisotopic (exact) mass is 274 g/mol. The van der Waals surface area contributed by atoms with Crippen molar-refractivity contribution in [2.75, 3.05) is 40.9 Å². The third-order valence-corrected chi connectivity index (χ3v) is 3.13. The SMILES string of the molecule is CCOC(=O)C(C)(CC(C)(C)OC)NCCN(C)C. The molecule has 0 aromatic rings. The maximum absolute atomic E-state index is 12.2. The second-order valence-corrected chi connectivity index (χ2v) is 5.92. The molecular formula is C14H30N2O3. The Morgan fingerprint density at radius 3 is 2.26 bits per heavy atom. The van der Waals surface area contributed by atoms with Crippen molar-refractivity contribution in [2.45, 2.75) is 45.3 Å². The number of hydrogen-bond donors (Lipinski definition) is 1. The smallest absolute Gasteiger partial charge is 0.326 e. The van der Waals surface area contributed by atoms with Gasteiger partial charge in [0.15, 0.2) is 0 Å². The maximum atomic E-state index is 12.2. The minimum absolute atomic E-state index is 0.223. The standard InChI is InChI=1S/C14H30N2O3/c1-8-19-12(17)14(4,11-13(2,3)18-7)15-9-10-16(5)6/h15H,8-11H2,1-7H3. The molecule has 1 N–H and O–H groups in total. The molecule has 0 aliphatic heterocycles. The van der Waals surface area contributed by atoms with Crippen molar-refractivity contribution < 1.29 is 14.3 Å². The molecular weight excluding hydrogens is 244 g/mol. The molecule has 0 radical (unpaired) electrons. The van der Waals surface area contributed by atoms with E-state index in [4.69, 9.17) is 9.47 Å². The highest BCUT2D eigenvalue weighted by molar-refractivity contribution is 5.80. The zero-order chi connectivity index (χ0) is 15.1. The summed E-state index contributed by atoms with van der Waals surface area (Å²) in [5, 5.41) is 3.31. The van der Waals surface area contributed by atoms with Gasteiger partial charge in [0.2, 0.25) is 0 Å². The number of esters is 1. The third kappa shape index (κ3) is 6.89. The van der Waals surface area contributed by atoms with Crippen LogP contribution in [0.4, 0.5) is 0 Å². The van der Waals surface area contributed by atoms with Gasteiger partial charge in [-0.15, -0.1) is 0 Å². The molecule has 5 heteroatoms. The highest BCUT2D eigenvalue weighted by atomic mass is 16.5. The predicted molar refractivity (Wildman–Crippen MR) is 77.3 cm³/mol. The van der Waals surface area contributed by atoms with Crippen LogP contribution in [0.5, 0.6) is 0 Å². The first-order valence-electron chi connectivity index (χ1n) is 6.79. The van der Waals surface area contributed by atoms with Crippen LogP contribution < -0.4 is 5.32 Å². The predicted octanol–water partition coefficient (Wildman–Crippen LogP) is 1.27. The minimum atomic E-state index is -0.731. The van der Waals surface area contributed by atoms with E-state index in [0.29, 0.717) is 13.0 Å². The molecule has 0 aromatic heterocycles. The first-order valence-corrected chi connectivity index (χ1v) is 6.79. The summed E-state index contributed by atoms with van der Waals surface area (Å²) in [6.45, 7) is 9.61. The van der Waals surface area contributed by atoms with Gasteiger partial charge in [-0.2, -0.15) is 0 Å². The Hall–Kier alpha value is -0.650. The largest absolute Gasteiger partial charge is 0.465 e. The summed E-state index contributed by atoms with van der Waals surface area (Å²) in [6.07, 6.45) is 0.558. The summed E-state index contributed by atoms with van der Waals surface area (Å²) in [5.74, 6) is -0.223. The molecule has 0 heterocycles. The summed E-state index contributed by atoms with van der Waals surface area (Å²) < 4.78 is 10.6. The number of hydrogen-bond acceptors (Lipinski definition) is 5. The van der Waals surface area contributed by atoms with Gasteiger partial charge in [0, 0.05) is 26.6 Å². The molecule has 0 bridgehead atoms. The summed E-state index contributed by atoms with van der Waals surface area (Å²) in [6, 6.07) is 0. The number of nitrogens with one attached hydrogen (secondary N) is 1. The van der Waals surface area contributed by atoms with E-state index in [2.05, 4.69) is 10.2 Å². The number of ether oxygens (including phenoxy) is 2. The highest BCUT2D eigenvalue weighted by Crippen LogP contribution is 2.24. The van der Waals surface area contributed by atoms with Crippen molar-refractivity contribution in [1.29, 1.82) is 0 Å². The topological polar surface area (TPSA) is 50.8 Å². The lowest BCUT2D eigenvalue weighted by Gasteiger charge is -2.36. The Labute approximate surface area is 117 Å². The van der Waals surface area contributed by atoms with Crippen molar-refractivity contribution in [3.63, 3.8) is 0 Å². The molecule has 19 heavy (non-hydrogen) atoms. The van der Waals surface area contributed by atoms with Gasteiger partial charge in [0.1, 0.15) is 5.54 Å². The van der Waals surface area contributed by atoms with Gasteiger partial charge in [0.25, 0.3) is 0 Å². The van der Waals surface area contributed by atoms with Crippen molar-refractivity contribution in [3.8, 4) is 0 Å². The van der Waals surface area contributed by atoms with Gasteiger partial charge in [-0.05, 0) is 41.8 Å². The highest BCUT2D eigenvalue weighted by Gasteiger charge is 2.39. The Morgan fingerprint density at radius 1 is 1.26 bits per heavy atom. The molecule has 0 aromatic carbocycles. The van der Waals surface area contributed by atoms with Gasteiger partial charge >= 0.3 is 5.97 Å². The van der Waals surface area contributed by atoms with Crippen LogP contribution in [-0.2, 0) is 14.3 Å². The molecule has 0 fully saturated rings.